The predicted molar refractivity (Wildman–Crippen MR) is 116 cm³/mol. The van der Waals surface area contributed by atoms with Crippen LogP contribution in [0.15, 0.2) is 36.7 Å². The number of pyridine rings is 2. The van der Waals surface area contributed by atoms with Crippen LogP contribution < -0.4 is 11.1 Å². The van der Waals surface area contributed by atoms with Gasteiger partial charge in [0.05, 0.1) is 12.2 Å². The highest BCUT2D eigenvalue weighted by Crippen LogP contribution is 2.31. The van der Waals surface area contributed by atoms with E-state index in [1.54, 1.807) is 6.20 Å². The van der Waals surface area contributed by atoms with Crippen LogP contribution in [0.5, 0.6) is 0 Å². The Morgan fingerprint density at radius 1 is 1.34 bits per heavy atom. The first kappa shape index (κ1) is 19.7. The van der Waals surface area contributed by atoms with Gasteiger partial charge < -0.3 is 16.0 Å². The number of rotatable bonds is 6. The third kappa shape index (κ3) is 4.52. The number of nitrogens with one attached hydrogen (secondary N) is 2. The van der Waals surface area contributed by atoms with E-state index in [1.807, 2.05) is 37.5 Å². The maximum absolute atomic E-state index is 11.1. The summed E-state index contributed by atoms with van der Waals surface area (Å²) in [6.07, 6.45) is 7.73. The summed E-state index contributed by atoms with van der Waals surface area (Å²) < 4.78 is 0. The molecule has 0 saturated heterocycles. The second-order valence-electron chi connectivity index (χ2n) is 7.69. The maximum atomic E-state index is 11.1. The van der Waals surface area contributed by atoms with E-state index in [-0.39, 0.29) is 5.91 Å². The van der Waals surface area contributed by atoms with Gasteiger partial charge in [-0.1, -0.05) is 11.6 Å². The second kappa shape index (κ2) is 8.39. The van der Waals surface area contributed by atoms with Crippen LogP contribution in [-0.2, 0) is 4.79 Å². The highest BCUT2D eigenvalue weighted by atomic mass is 35.5. The zero-order chi connectivity index (χ0) is 20.4. The van der Waals surface area contributed by atoms with E-state index in [4.69, 9.17) is 22.3 Å². The minimum atomic E-state index is -0.282. The van der Waals surface area contributed by atoms with Gasteiger partial charge in [-0.05, 0) is 57.0 Å². The molecule has 29 heavy (non-hydrogen) atoms. The number of hydrogen-bond donors (Lipinski definition) is 3. The fourth-order valence-electron chi connectivity index (χ4n) is 4.12. The van der Waals surface area contributed by atoms with Crippen molar-refractivity contribution in [2.45, 2.75) is 37.8 Å². The highest BCUT2D eigenvalue weighted by Gasteiger charge is 2.25. The van der Waals surface area contributed by atoms with Gasteiger partial charge in [0.25, 0.3) is 0 Å². The molecular formula is C21H25ClN6O. The molecule has 1 amide bonds. The van der Waals surface area contributed by atoms with E-state index in [1.165, 1.54) is 0 Å². The second-order valence-corrected chi connectivity index (χ2v) is 8.13. The molecule has 0 atom stereocenters. The first-order chi connectivity index (χ1) is 14.0. The first-order valence-corrected chi connectivity index (χ1v) is 10.2. The number of fused-ring (bicyclic) bond motifs is 1. The molecule has 0 unspecified atom stereocenters. The van der Waals surface area contributed by atoms with Gasteiger partial charge in [0.15, 0.2) is 0 Å². The van der Waals surface area contributed by atoms with Crippen molar-refractivity contribution in [1.82, 2.24) is 19.9 Å². The van der Waals surface area contributed by atoms with Gasteiger partial charge in [-0.3, -0.25) is 9.69 Å². The number of halogens is 1. The van der Waals surface area contributed by atoms with Crippen LogP contribution in [0.1, 0.15) is 25.7 Å². The highest BCUT2D eigenvalue weighted by molar-refractivity contribution is 6.31. The summed E-state index contributed by atoms with van der Waals surface area (Å²) in [6, 6.07) is 8.39. The average Bonchev–Trinajstić information content (AvgIpc) is 3.12. The van der Waals surface area contributed by atoms with Crippen LogP contribution in [0, 0.1) is 0 Å². The molecule has 0 aromatic carbocycles. The summed E-state index contributed by atoms with van der Waals surface area (Å²) in [5.74, 6) is 0.496. The molecule has 0 spiro atoms. The number of primary amides is 1. The quantitative estimate of drug-likeness (QED) is 0.576. The topological polar surface area (TPSA) is 99.9 Å². The Balaban J connectivity index is 1.46. The fraction of sp³-hybridized carbons (Fsp3) is 0.381. The first-order valence-electron chi connectivity index (χ1n) is 9.85. The molecule has 4 N–H and O–H groups in total. The Kier molecular flexibility index (Phi) is 5.69. The molecule has 1 aliphatic carbocycles. The zero-order valence-electron chi connectivity index (χ0n) is 16.4. The third-order valence-electron chi connectivity index (χ3n) is 5.59. The van der Waals surface area contributed by atoms with E-state index in [9.17, 15) is 4.79 Å². The van der Waals surface area contributed by atoms with E-state index in [2.05, 4.69) is 20.2 Å². The molecule has 4 rings (SSSR count). The molecule has 3 aromatic heterocycles. The van der Waals surface area contributed by atoms with Crippen molar-refractivity contribution in [3.05, 3.63) is 41.7 Å². The van der Waals surface area contributed by atoms with Crippen molar-refractivity contribution in [2.75, 3.05) is 18.9 Å². The third-order valence-corrected chi connectivity index (χ3v) is 5.81. The standard InChI is InChI=1S/C21H25ClN6O/c1-28(12-19(23)29)15-6-4-14(5-7-15)26-20-10-13(22)9-18(27-20)17-11-25-21-16(17)3-2-8-24-21/h2-3,8-11,14-15H,4-7,12H2,1H3,(H2,23,29)(H,24,25)(H,26,27). The Hall–Kier alpha value is -2.64. The normalized spacial score (nSPS) is 19.6. The number of nitrogens with two attached hydrogens (primary N) is 1. The largest absolute Gasteiger partial charge is 0.369 e. The fourth-order valence-corrected chi connectivity index (χ4v) is 4.33. The monoisotopic (exact) mass is 412 g/mol. The number of likely N-dealkylation sites (N-methyl/N-ethyl adjacent to an activating group) is 1. The summed E-state index contributed by atoms with van der Waals surface area (Å²) in [6.45, 7) is 0.307. The molecule has 1 aliphatic rings. The van der Waals surface area contributed by atoms with Crippen LogP contribution in [-0.4, -0.2) is 51.4 Å². The van der Waals surface area contributed by atoms with Crippen molar-refractivity contribution >= 4 is 34.4 Å². The molecule has 0 bridgehead atoms. The molecule has 8 heteroatoms. The summed E-state index contributed by atoms with van der Waals surface area (Å²) in [5, 5.41) is 5.20. The van der Waals surface area contributed by atoms with Crippen molar-refractivity contribution in [3.8, 4) is 11.3 Å². The minimum Gasteiger partial charge on any atom is -0.369 e. The molecule has 0 radical (unpaired) electrons. The van der Waals surface area contributed by atoms with E-state index < -0.39 is 0 Å². The van der Waals surface area contributed by atoms with Crippen molar-refractivity contribution in [3.63, 3.8) is 0 Å². The number of carbonyl (C=O) groups is 1. The number of amides is 1. The molecule has 3 heterocycles. The van der Waals surface area contributed by atoms with E-state index in [0.29, 0.717) is 23.7 Å². The SMILES string of the molecule is CN(CC(N)=O)C1CCC(Nc2cc(Cl)cc(-c3c[nH]c4ncccc34)n2)CC1. The molecule has 1 saturated carbocycles. The van der Waals surface area contributed by atoms with Gasteiger partial charge in [-0.2, -0.15) is 0 Å². The van der Waals surface area contributed by atoms with Gasteiger partial charge >= 0.3 is 0 Å². The van der Waals surface area contributed by atoms with E-state index in [0.717, 1.165) is 53.8 Å². The molecule has 152 valence electrons. The number of aromatic amines is 1. The summed E-state index contributed by atoms with van der Waals surface area (Å²) in [4.78, 5) is 25.5. The maximum Gasteiger partial charge on any atom is 0.231 e. The lowest BCUT2D eigenvalue weighted by atomic mass is 9.90. The number of aromatic nitrogens is 3. The van der Waals surface area contributed by atoms with Crippen LogP contribution in [0.4, 0.5) is 5.82 Å². The van der Waals surface area contributed by atoms with Gasteiger partial charge in [0.2, 0.25) is 5.91 Å². The minimum absolute atomic E-state index is 0.282. The lowest BCUT2D eigenvalue weighted by Gasteiger charge is -2.34. The van der Waals surface area contributed by atoms with Gasteiger partial charge in [-0.15, -0.1) is 0 Å². The van der Waals surface area contributed by atoms with Crippen LogP contribution in [0.2, 0.25) is 5.02 Å². The Bertz CT molecular complexity index is 1010. The van der Waals surface area contributed by atoms with Crippen molar-refractivity contribution in [1.29, 1.82) is 0 Å². The Morgan fingerprint density at radius 2 is 2.14 bits per heavy atom. The van der Waals surface area contributed by atoms with Gasteiger partial charge in [0, 0.05) is 40.4 Å². The zero-order valence-corrected chi connectivity index (χ0v) is 17.1. The summed E-state index contributed by atoms with van der Waals surface area (Å²) in [7, 11) is 1.96. The number of anilines is 1. The lowest BCUT2D eigenvalue weighted by molar-refractivity contribution is -0.119. The Labute approximate surface area is 174 Å². The summed E-state index contributed by atoms with van der Waals surface area (Å²) >= 11 is 6.39. The predicted octanol–water partition coefficient (Wildman–Crippen LogP) is 3.42. The number of hydrogen-bond acceptors (Lipinski definition) is 5. The summed E-state index contributed by atoms with van der Waals surface area (Å²) in [5.41, 5.74) is 7.94. The number of nitrogens with zero attached hydrogens (tertiary/aromatic N) is 3. The molecular weight excluding hydrogens is 388 g/mol. The Morgan fingerprint density at radius 3 is 2.90 bits per heavy atom. The molecule has 0 aliphatic heterocycles. The van der Waals surface area contributed by atoms with Crippen LogP contribution >= 0.6 is 11.6 Å². The van der Waals surface area contributed by atoms with Crippen molar-refractivity contribution < 1.29 is 4.79 Å². The van der Waals surface area contributed by atoms with Gasteiger partial charge in [-0.25, -0.2) is 9.97 Å². The average molecular weight is 413 g/mol. The van der Waals surface area contributed by atoms with Crippen LogP contribution in [0.25, 0.3) is 22.3 Å². The van der Waals surface area contributed by atoms with E-state index >= 15 is 0 Å². The number of H-pyrrole nitrogens is 1. The number of carbonyl (C=O) groups excluding carboxylic acids is 1. The van der Waals surface area contributed by atoms with Gasteiger partial charge in [0.1, 0.15) is 11.5 Å². The van der Waals surface area contributed by atoms with Crippen LogP contribution in [0.3, 0.4) is 0 Å². The molecule has 1 fully saturated rings. The molecule has 3 aromatic rings. The van der Waals surface area contributed by atoms with Crippen molar-refractivity contribution in [2.24, 2.45) is 5.73 Å². The molecule has 7 nitrogen and oxygen atoms in total. The smallest absolute Gasteiger partial charge is 0.231 e. The lowest BCUT2D eigenvalue weighted by Crippen LogP contribution is -2.42.